The van der Waals surface area contributed by atoms with Crippen LogP contribution in [-0.4, -0.2) is 58.2 Å². The Hall–Kier alpha value is -1.92. The van der Waals surface area contributed by atoms with Crippen LogP contribution in [0.4, 0.5) is 11.8 Å². The number of nitrogens with one attached hydrogen (secondary N) is 1. The van der Waals surface area contributed by atoms with Crippen molar-refractivity contribution in [3.05, 3.63) is 6.20 Å². The Morgan fingerprint density at radius 1 is 1.18 bits per heavy atom. The van der Waals surface area contributed by atoms with Gasteiger partial charge in [-0.05, 0) is 12.8 Å². The van der Waals surface area contributed by atoms with Crippen molar-refractivity contribution in [3.8, 4) is 0 Å². The monoisotopic (exact) mass is 304 g/mol. The van der Waals surface area contributed by atoms with E-state index in [0.717, 1.165) is 32.0 Å². The Morgan fingerprint density at radius 2 is 1.91 bits per heavy atom. The molecular formula is C15H24N6O. The van der Waals surface area contributed by atoms with Crippen molar-refractivity contribution in [2.45, 2.75) is 45.1 Å². The molecule has 0 unspecified atom stereocenters. The topological polar surface area (TPSA) is 74.2 Å². The van der Waals surface area contributed by atoms with Gasteiger partial charge in [0, 0.05) is 39.1 Å². The van der Waals surface area contributed by atoms with Gasteiger partial charge in [-0.2, -0.15) is 10.1 Å². The minimum Gasteiger partial charge on any atom is -0.352 e. The first-order valence-corrected chi connectivity index (χ1v) is 8.19. The predicted octanol–water partition coefficient (Wildman–Crippen LogP) is 1.28. The van der Waals surface area contributed by atoms with Crippen LogP contribution in [0.15, 0.2) is 6.20 Å². The molecule has 0 atom stereocenters. The van der Waals surface area contributed by atoms with Crippen molar-refractivity contribution in [2.24, 2.45) is 0 Å². The molecule has 0 radical (unpaired) electrons. The standard InChI is InChI=1S/C15H24N6O/c1-12(22)20-7-9-21(10-8-20)14-11-16-19-15(18-14)17-13-5-3-2-4-6-13/h11,13H,2-10H2,1H3,(H,17,18,19). The molecule has 1 aliphatic heterocycles. The molecule has 1 amide bonds. The largest absolute Gasteiger partial charge is 0.352 e. The average molecular weight is 304 g/mol. The van der Waals surface area contributed by atoms with E-state index in [9.17, 15) is 4.79 Å². The smallest absolute Gasteiger partial charge is 0.244 e. The highest BCUT2D eigenvalue weighted by molar-refractivity contribution is 5.73. The maximum absolute atomic E-state index is 11.4. The second kappa shape index (κ2) is 6.89. The van der Waals surface area contributed by atoms with Gasteiger partial charge in [-0.25, -0.2) is 0 Å². The first-order valence-electron chi connectivity index (χ1n) is 8.19. The summed E-state index contributed by atoms with van der Waals surface area (Å²) in [6, 6.07) is 0.473. The SMILES string of the molecule is CC(=O)N1CCN(c2cnnc(NC3CCCCC3)n2)CC1. The third-order valence-corrected chi connectivity index (χ3v) is 4.53. The van der Waals surface area contributed by atoms with Crippen molar-refractivity contribution >= 4 is 17.7 Å². The first-order chi connectivity index (χ1) is 10.7. The molecule has 22 heavy (non-hydrogen) atoms. The van der Waals surface area contributed by atoms with Crippen LogP contribution in [0.5, 0.6) is 0 Å². The van der Waals surface area contributed by atoms with Gasteiger partial charge in [0.05, 0.1) is 6.20 Å². The molecule has 0 spiro atoms. The lowest BCUT2D eigenvalue weighted by molar-refractivity contribution is -0.129. The van der Waals surface area contributed by atoms with Crippen molar-refractivity contribution < 1.29 is 4.79 Å². The van der Waals surface area contributed by atoms with Gasteiger partial charge in [0.1, 0.15) is 0 Å². The number of amides is 1. The van der Waals surface area contributed by atoms with Crippen LogP contribution in [0.25, 0.3) is 0 Å². The van der Waals surface area contributed by atoms with E-state index in [1.54, 1.807) is 13.1 Å². The number of hydrogen-bond acceptors (Lipinski definition) is 6. The van der Waals surface area contributed by atoms with E-state index in [0.29, 0.717) is 12.0 Å². The first kappa shape index (κ1) is 15.0. The molecule has 1 aliphatic carbocycles. The molecule has 1 aromatic heterocycles. The van der Waals surface area contributed by atoms with Crippen LogP contribution in [0, 0.1) is 0 Å². The van der Waals surface area contributed by atoms with E-state index < -0.39 is 0 Å². The molecule has 2 heterocycles. The van der Waals surface area contributed by atoms with Crippen LogP contribution in [-0.2, 0) is 4.79 Å². The number of anilines is 2. The summed E-state index contributed by atoms with van der Waals surface area (Å²) in [5.74, 6) is 1.61. The van der Waals surface area contributed by atoms with Crippen molar-refractivity contribution in [1.29, 1.82) is 0 Å². The number of rotatable bonds is 3. The molecule has 2 aliphatic rings. The predicted molar refractivity (Wildman–Crippen MR) is 84.8 cm³/mol. The molecule has 1 saturated heterocycles. The molecule has 2 fully saturated rings. The van der Waals surface area contributed by atoms with Gasteiger partial charge < -0.3 is 15.1 Å². The van der Waals surface area contributed by atoms with Crippen molar-refractivity contribution in [1.82, 2.24) is 20.1 Å². The van der Waals surface area contributed by atoms with E-state index in [4.69, 9.17) is 0 Å². The average Bonchev–Trinajstić information content (AvgIpc) is 2.56. The summed E-state index contributed by atoms with van der Waals surface area (Å²) < 4.78 is 0. The highest BCUT2D eigenvalue weighted by Gasteiger charge is 2.21. The van der Waals surface area contributed by atoms with E-state index in [2.05, 4.69) is 25.4 Å². The molecule has 1 N–H and O–H groups in total. The quantitative estimate of drug-likeness (QED) is 0.907. The molecule has 7 nitrogen and oxygen atoms in total. The van der Waals surface area contributed by atoms with Gasteiger partial charge in [0.2, 0.25) is 11.9 Å². The lowest BCUT2D eigenvalue weighted by Crippen LogP contribution is -2.48. The lowest BCUT2D eigenvalue weighted by Gasteiger charge is -2.34. The highest BCUT2D eigenvalue weighted by Crippen LogP contribution is 2.21. The third kappa shape index (κ3) is 3.64. The number of hydrogen-bond donors (Lipinski definition) is 1. The summed E-state index contributed by atoms with van der Waals surface area (Å²) >= 11 is 0. The van der Waals surface area contributed by atoms with Gasteiger partial charge in [-0.3, -0.25) is 4.79 Å². The Kier molecular flexibility index (Phi) is 4.70. The van der Waals surface area contributed by atoms with E-state index in [1.165, 1.54) is 32.1 Å². The van der Waals surface area contributed by atoms with Crippen LogP contribution < -0.4 is 10.2 Å². The Morgan fingerprint density at radius 3 is 2.59 bits per heavy atom. The maximum atomic E-state index is 11.4. The molecule has 1 aromatic rings. The molecule has 0 bridgehead atoms. The molecule has 7 heteroatoms. The van der Waals surface area contributed by atoms with Crippen LogP contribution in [0.3, 0.4) is 0 Å². The number of carbonyl (C=O) groups excluding carboxylic acids is 1. The van der Waals surface area contributed by atoms with Crippen LogP contribution in [0.1, 0.15) is 39.0 Å². The minimum absolute atomic E-state index is 0.139. The Labute approximate surface area is 131 Å². The van der Waals surface area contributed by atoms with E-state index in [1.807, 2.05) is 4.90 Å². The number of nitrogens with zero attached hydrogens (tertiary/aromatic N) is 5. The molecule has 0 aromatic carbocycles. The molecular weight excluding hydrogens is 280 g/mol. The number of aromatic nitrogens is 3. The third-order valence-electron chi connectivity index (χ3n) is 4.53. The summed E-state index contributed by atoms with van der Waals surface area (Å²) in [4.78, 5) is 20.0. The molecule has 120 valence electrons. The molecule has 1 saturated carbocycles. The fourth-order valence-electron chi connectivity index (χ4n) is 3.19. The minimum atomic E-state index is 0.139. The maximum Gasteiger partial charge on any atom is 0.244 e. The second-order valence-electron chi connectivity index (χ2n) is 6.11. The highest BCUT2D eigenvalue weighted by atomic mass is 16.2. The van der Waals surface area contributed by atoms with Crippen molar-refractivity contribution in [3.63, 3.8) is 0 Å². The zero-order chi connectivity index (χ0) is 15.4. The summed E-state index contributed by atoms with van der Waals surface area (Å²) in [5, 5.41) is 11.6. The Balaban J connectivity index is 1.60. The second-order valence-corrected chi connectivity index (χ2v) is 6.11. The van der Waals surface area contributed by atoms with Gasteiger partial charge in [0.25, 0.3) is 0 Å². The van der Waals surface area contributed by atoms with Crippen LogP contribution in [0.2, 0.25) is 0 Å². The zero-order valence-corrected chi connectivity index (χ0v) is 13.2. The Bertz CT molecular complexity index is 509. The van der Waals surface area contributed by atoms with E-state index >= 15 is 0 Å². The van der Waals surface area contributed by atoms with Crippen LogP contribution >= 0.6 is 0 Å². The molecule has 3 rings (SSSR count). The van der Waals surface area contributed by atoms with Crippen molar-refractivity contribution in [2.75, 3.05) is 36.4 Å². The van der Waals surface area contributed by atoms with Gasteiger partial charge in [0.15, 0.2) is 5.82 Å². The summed E-state index contributed by atoms with van der Waals surface area (Å²) in [5.41, 5.74) is 0. The normalized spacial score (nSPS) is 20.0. The number of carbonyl (C=O) groups is 1. The van der Waals surface area contributed by atoms with Gasteiger partial charge in [-0.1, -0.05) is 19.3 Å². The fourth-order valence-corrected chi connectivity index (χ4v) is 3.19. The summed E-state index contributed by atoms with van der Waals surface area (Å²) in [6.45, 7) is 4.69. The summed E-state index contributed by atoms with van der Waals surface area (Å²) in [7, 11) is 0. The zero-order valence-electron chi connectivity index (χ0n) is 13.2. The fraction of sp³-hybridized carbons (Fsp3) is 0.733. The number of piperazine rings is 1. The van der Waals surface area contributed by atoms with Gasteiger partial charge >= 0.3 is 0 Å². The summed E-state index contributed by atoms with van der Waals surface area (Å²) in [6.07, 6.45) is 7.96. The lowest BCUT2D eigenvalue weighted by atomic mass is 9.96. The van der Waals surface area contributed by atoms with E-state index in [-0.39, 0.29) is 5.91 Å². The van der Waals surface area contributed by atoms with Gasteiger partial charge in [-0.15, -0.1) is 5.10 Å².